The molecule has 1 aromatic heterocycles. The molecule has 0 saturated heterocycles. The van der Waals surface area contributed by atoms with E-state index < -0.39 is 49.3 Å². The number of aromatic nitrogens is 3. The largest absolute Gasteiger partial charge is 0.496 e. The Kier molecular flexibility index (Phi) is 10.3. The van der Waals surface area contributed by atoms with Gasteiger partial charge in [-0.25, -0.2) is 27.6 Å². The van der Waals surface area contributed by atoms with Gasteiger partial charge in [0, 0.05) is 33.0 Å². The Hall–Kier alpha value is -2.85. The number of alkyl halides is 3. The number of nitrogens with zero attached hydrogens (tertiary/aromatic N) is 4. The van der Waals surface area contributed by atoms with Gasteiger partial charge in [0.25, 0.3) is 0 Å². The summed E-state index contributed by atoms with van der Waals surface area (Å²) in [4.78, 5) is 13.6. The molecule has 2 aromatic rings. The van der Waals surface area contributed by atoms with Crippen molar-refractivity contribution in [2.75, 3.05) is 6.54 Å². The monoisotopic (exact) mass is 523 g/mol. The summed E-state index contributed by atoms with van der Waals surface area (Å²) >= 11 is 0. The Labute approximate surface area is 188 Å². The molecule has 0 radical (unpaired) electrons. The summed E-state index contributed by atoms with van der Waals surface area (Å²) in [5.74, 6) is -5.15. The molecule has 0 bridgehead atoms. The van der Waals surface area contributed by atoms with Gasteiger partial charge in [0.15, 0.2) is 17.5 Å². The second-order valence-electron chi connectivity index (χ2n) is 6.74. The van der Waals surface area contributed by atoms with Crippen molar-refractivity contribution < 1.29 is 57.1 Å². The third kappa shape index (κ3) is 7.59. The van der Waals surface area contributed by atoms with Crippen LogP contribution in [-0.4, -0.2) is 48.9 Å². The molecular formula is C16H20F6N5O6P. The van der Waals surface area contributed by atoms with Crippen LogP contribution in [0.15, 0.2) is 12.1 Å². The van der Waals surface area contributed by atoms with Gasteiger partial charge in [0.1, 0.15) is 5.82 Å². The van der Waals surface area contributed by atoms with Gasteiger partial charge < -0.3 is 20.7 Å². The molecule has 192 valence electrons. The molecule has 3 rings (SSSR count). The molecule has 1 aliphatic heterocycles. The maximum absolute atomic E-state index is 13.7. The first-order valence-corrected chi connectivity index (χ1v) is 10.0. The van der Waals surface area contributed by atoms with E-state index in [1.165, 1.54) is 4.90 Å². The van der Waals surface area contributed by atoms with E-state index in [-0.39, 0.29) is 50.8 Å². The van der Waals surface area contributed by atoms with E-state index >= 15 is 0 Å². The molecule has 0 fully saturated rings. The second kappa shape index (κ2) is 12.0. The molecule has 0 unspecified atom stereocenters. The topological polar surface area (TPSA) is 172 Å². The van der Waals surface area contributed by atoms with Crippen molar-refractivity contribution in [3.05, 3.63) is 46.8 Å². The van der Waals surface area contributed by atoms with Gasteiger partial charge in [-0.1, -0.05) is 0 Å². The highest BCUT2D eigenvalue weighted by Crippen LogP contribution is 2.29. The number of benzene rings is 1. The highest BCUT2D eigenvalue weighted by atomic mass is 31.1. The summed E-state index contributed by atoms with van der Waals surface area (Å²) in [6.45, 7) is -0.302. The molecule has 2 heterocycles. The van der Waals surface area contributed by atoms with Crippen LogP contribution in [0.1, 0.15) is 25.1 Å². The lowest BCUT2D eigenvalue weighted by Gasteiger charge is -2.29. The Morgan fingerprint density at radius 3 is 2.32 bits per heavy atom. The fraction of sp³-hybridized carbons (Fsp3) is 0.438. The minimum atomic E-state index is -4.64. The molecule has 5 N–H and O–H groups in total. The standard InChI is InChI=1S/C16H15F6N5O.HO4P.H2O.H2/c17-10-6-12(19)11(18)4-8(10)3-9(23)5-14(28)26-1-2-27-13(7-26)24-25-15(27)16(20,21)22;1-4-5(2)3;;/h4,6,9H,1-3,5,7,23H2;1H;1H2;1H/t9-;;;/m1.../s1. The highest BCUT2D eigenvalue weighted by Gasteiger charge is 2.40. The molecule has 0 saturated carbocycles. The molecule has 1 atom stereocenters. The van der Waals surface area contributed by atoms with E-state index in [1.54, 1.807) is 0 Å². The molecule has 1 aliphatic rings. The van der Waals surface area contributed by atoms with Crippen LogP contribution in [0.5, 0.6) is 0 Å². The van der Waals surface area contributed by atoms with Crippen LogP contribution in [0.25, 0.3) is 0 Å². The first-order chi connectivity index (χ1) is 15.3. The van der Waals surface area contributed by atoms with E-state index in [0.29, 0.717) is 12.1 Å². The summed E-state index contributed by atoms with van der Waals surface area (Å²) in [5, 5.41) is 13.6. The number of halogens is 6. The van der Waals surface area contributed by atoms with Crippen LogP contribution >= 0.6 is 7.91 Å². The average molecular weight is 523 g/mol. The Bertz CT molecular complexity index is 1080. The summed E-state index contributed by atoms with van der Waals surface area (Å²) in [6.07, 6.45) is -5.11. The summed E-state index contributed by atoms with van der Waals surface area (Å²) in [5.41, 5.74) is 5.64. The number of nitrogens with two attached hydrogens (primary N) is 1. The molecular weight excluding hydrogens is 503 g/mol. The van der Waals surface area contributed by atoms with Crippen LogP contribution in [0.3, 0.4) is 0 Å². The molecule has 1 aromatic carbocycles. The van der Waals surface area contributed by atoms with Gasteiger partial charge in [-0.15, -0.1) is 14.9 Å². The van der Waals surface area contributed by atoms with Crippen molar-refractivity contribution in [3.8, 4) is 0 Å². The third-order valence-corrected chi connectivity index (χ3v) is 4.57. The number of fused-ring (bicyclic) bond motifs is 1. The lowest BCUT2D eigenvalue weighted by Crippen LogP contribution is -2.42. The van der Waals surface area contributed by atoms with E-state index in [0.717, 1.165) is 4.57 Å². The van der Waals surface area contributed by atoms with E-state index in [9.17, 15) is 31.1 Å². The van der Waals surface area contributed by atoms with Gasteiger partial charge in [-0.05, 0) is 18.1 Å². The zero-order valence-electron chi connectivity index (χ0n) is 16.9. The van der Waals surface area contributed by atoms with Crippen LogP contribution in [-0.2, 0) is 44.3 Å². The van der Waals surface area contributed by atoms with Crippen LogP contribution in [0.4, 0.5) is 26.3 Å². The van der Waals surface area contributed by atoms with Gasteiger partial charge in [0.2, 0.25) is 11.7 Å². The van der Waals surface area contributed by atoms with Gasteiger partial charge in [0.05, 0.1) is 6.54 Å². The number of hydrogen-bond donors (Lipinski definition) is 2. The zero-order valence-corrected chi connectivity index (χ0v) is 17.8. The minimum Gasteiger partial charge on any atom is -0.412 e. The molecule has 0 aliphatic carbocycles. The molecule has 0 spiro atoms. The first-order valence-electron chi connectivity index (χ1n) is 8.95. The fourth-order valence-electron chi connectivity index (χ4n) is 3.01. The average Bonchev–Trinajstić information content (AvgIpc) is 3.16. The second-order valence-corrected chi connectivity index (χ2v) is 7.35. The third-order valence-electron chi connectivity index (χ3n) is 4.43. The van der Waals surface area contributed by atoms with Crippen molar-refractivity contribution in [1.82, 2.24) is 19.7 Å². The van der Waals surface area contributed by atoms with E-state index in [4.69, 9.17) is 20.1 Å². The molecule has 34 heavy (non-hydrogen) atoms. The predicted octanol–water partition coefficient (Wildman–Crippen LogP) is 2.00. The summed E-state index contributed by atoms with van der Waals surface area (Å²) < 4.78 is 99.8. The number of hydrogen-bond acceptors (Lipinski definition) is 8. The van der Waals surface area contributed by atoms with Crippen molar-refractivity contribution >= 4 is 13.8 Å². The predicted molar refractivity (Wildman–Crippen MR) is 101 cm³/mol. The van der Waals surface area contributed by atoms with Crippen LogP contribution in [0.2, 0.25) is 0 Å². The Morgan fingerprint density at radius 1 is 1.18 bits per heavy atom. The number of carbonyl (C=O) groups excluding carboxylic acids is 1. The molecule has 1 amide bonds. The highest BCUT2D eigenvalue weighted by molar-refractivity contribution is 7.24. The van der Waals surface area contributed by atoms with Gasteiger partial charge >= 0.3 is 14.1 Å². The normalized spacial score (nSPS) is 13.8. The lowest BCUT2D eigenvalue weighted by atomic mass is 10.0. The minimum absolute atomic E-state index is 0. The van der Waals surface area contributed by atoms with Gasteiger partial charge in [-0.2, -0.15) is 13.2 Å². The summed E-state index contributed by atoms with van der Waals surface area (Å²) in [7, 11) is -3.04. The van der Waals surface area contributed by atoms with E-state index in [1.807, 2.05) is 0 Å². The maximum atomic E-state index is 13.7. The zero-order chi connectivity index (χ0) is 24.9. The number of amides is 1. The number of carbonyl (C=O) groups is 1. The van der Waals surface area contributed by atoms with Gasteiger partial charge in [-0.3, -0.25) is 4.79 Å². The molecule has 18 heteroatoms. The first kappa shape index (κ1) is 29.2. The summed E-state index contributed by atoms with van der Waals surface area (Å²) in [6, 6.07) is 0.184. The quantitative estimate of drug-likeness (QED) is 0.197. The van der Waals surface area contributed by atoms with Crippen molar-refractivity contribution in [1.29, 1.82) is 0 Å². The Balaban J connectivity index is 0.00000150. The smallest absolute Gasteiger partial charge is 0.412 e. The van der Waals surface area contributed by atoms with Crippen molar-refractivity contribution in [2.45, 2.75) is 38.1 Å². The molecule has 11 nitrogen and oxygen atoms in total. The van der Waals surface area contributed by atoms with Crippen molar-refractivity contribution in [2.24, 2.45) is 5.73 Å². The maximum Gasteiger partial charge on any atom is 0.496 e. The number of rotatable bonds is 5. The lowest BCUT2D eigenvalue weighted by molar-refractivity contribution is -0.148. The van der Waals surface area contributed by atoms with Crippen LogP contribution < -0.4 is 5.73 Å². The Morgan fingerprint density at radius 2 is 1.76 bits per heavy atom. The fourth-order valence-corrected chi connectivity index (χ4v) is 3.01. The van der Waals surface area contributed by atoms with E-state index in [2.05, 4.69) is 14.9 Å². The SMILES string of the molecule is N[C@@H](CC(=O)N1CCn2c(nnc2C(F)(F)F)C1)Cc1cc(F)c(F)cc1F.O.O=P(=O)OO.[HH]. The van der Waals surface area contributed by atoms with Crippen LogP contribution in [0, 0.1) is 17.5 Å². The van der Waals surface area contributed by atoms with Crippen molar-refractivity contribution in [3.63, 3.8) is 0 Å².